The molecule has 1 aromatic carbocycles. The number of carbonyl (C=O) groups is 1. The van der Waals surface area contributed by atoms with Gasteiger partial charge in [-0.2, -0.15) is 0 Å². The molecule has 0 saturated carbocycles. The molecule has 0 amide bonds. The average Bonchev–Trinajstić information content (AvgIpc) is 2.53. The fraction of sp³-hybridized carbons (Fsp3) is 0.267. The van der Waals surface area contributed by atoms with Crippen LogP contribution in [0.2, 0.25) is 0 Å². The summed E-state index contributed by atoms with van der Waals surface area (Å²) in [6, 6.07) is 7.74. The molecule has 0 bridgehead atoms. The summed E-state index contributed by atoms with van der Waals surface area (Å²) in [4.78, 5) is 19.9. The van der Waals surface area contributed by atoms with Crippen LogP contribution in [0.25, 0.3) is 0 Å². The van der Waals surface area contributed by atoms with E-state index in [9.17, 15) is 4.79 Å². The van der Waals surface area contributed by atoms with Gasteiger partial charge < -0.3 is 15.2 Å². The van der Waals surface area contributed by atoms with E-state index in [0.29, 0.717) is 10.9 Å². The van der Waals surface area contributed by atoms with Crippen molar-refractivity contribution in [3.05, 3.63) is 41.6 Å². The summed E-state index contributed by atoms with van der Waals surface area (Å²) in [6.45, 7) is 2.01. The van der Waals surface area contributed by atoms with Crippen LogP contribution in [-0.4, -0.2) is 29.7 Å². The molecule has 0 aliphatic carbocycles. The number of esters is 1. The van der Waals surface area contributed by atoms with E-state index in [-0.39, 0.29) is 18.0 Å². The summed E-state index contributed by atoms with van der Waals surface area (Å²) in [7, 11) is 1.63. The topological polar surface area (TPSA) is 87.3 Å². The Balaban J connectivity index is 2.01. The third kappa shape index (κ3) is 4.11. The summed E-state index contributed by atoms with van der Waals surface area (Å²) in [5.74, 6) is 1.13. The maximum absolute atomic E-state index is 11.6. The number of nitrogens with zero attached hydrogens (tertiary/aromatic N) is 2. The molecule has 0 radical (unpaired) electrons. The highest BCUT2D eigenvalue weighted by atomic mass is 32.2. The highest BCUT2D eigenvalue weighted by molar-refractivity contribution is 7.98. The number of anilines is 1. The van der Waals surface area contributed by atoms with Crippen molar-refractivity contribution >= 4 is 23.5 Å². The number of methoxy groups -OCH3 is 1. The largest absolute Gasteiger partial charge is 0.497 e. The number of ether oxygens (including phenoxy) is 2. The number of rotatable bonds is 6. The van der Waals surface area contributed by atoms with Gasteiger partial charge in [0.05, 0.1) is 13.7 Å². The van der Waals surface area contributed by atoms with Crippen molar-refractivity contribution < 1.29 is 14.3 Å². The number of thioether (sulfide) groups is 1. The summed E-state index contributed by atoms with van der Waals surface area (Å²) in [5.41, 5.74) is 7.08. The molecule has 0 saturated heterocycles. The molecule has 7 heteroatoms. The van der Waals surface area contributed by atoms with Crippen LogP contribution < -0.4 is 10.5 Å². The molecule has 6 nitrogen and oxygen atoms in total. The number of hydrogen-bond acceptors (Lipinski definition) is 7. The molecule has 1 heterocycles. The van der Waals surface area contributed by atoms with Crippen LogP contribution in [0.1, 0.15) is 22.8 Å². The second-order valence-corrected chi connectivity index (χ2v) is 5.25. The molecule has 0 unspecified atom stereocenters. The Morgan fingerprint density at radius 1 is 1.32 bits per heavy atom. The molecule has 0 aliphatic rings. The van der Waals surface area contributed by atoms with Crippen molar-refractivity contribution in [1.29, 1.82) is 0 Å². The Labute approximate surface area is 133 Å². The van der Waals surface area contributed by atoms with Gasteiger partial charge in [-0.05, 0) is 24.6 Å². The van der Waals surface area contributed by atoms with Crippen LogP contribution >= 0.6 is 11.8 Å². The maximum Gasteiger partial charge on any atom is 0.343 e. The standard InChI is InChI=1S/C15H17N3O3S/c1-3-21-14(19)12-8-17-15(18-13(12)16)22-9-10-4-6-11(20-2)7-5-10/h4-8H,3,9H2,1-2H3,(H2,16,17,18). The third-order valence-corrected chi connectivity index (χ3v) is 3.75. The molecule has 0 spiro atoms. The Morgan fingerprint density at radius 2 is 2.05 bits per heavy atom. The van der Waals surface area contributed by atoms with Gasteiger partial charge in [0.25, 0.3) is 0 Å². The van der Waals surface area contributed by atoms with E-state index in [1.807, 2.05) is 24.3 Å². The van der Waals surface area contributed by atoms with Crippen LogP contribution in [0, 0.1) is 0 Å². The number of nitrogens with two attached hydrogens (primary N) is 1. The lowest BCUT2D eigenvalue weighted by Gasteiger charge is -2.06. The van der Waals surface area contributed by atoms with E-state index in [0.717, 1.165) is 11.3 Å². The maximum atomic E-state index is 11.6. The van der Waals surface area contributed by atoms with Crippen LogP contribution in [0.15, 0.2) is 35.6 Å². The minimum atomic E-state index is -0.508. The number of carbonyl (C=O) groups excluding carboxylic acids is 1. The average molecular weight is 319 g/mol. The molecule has 0 aliphatic heterocycles. The highest BCUT2D eigenvalue weighted by Crippen LogP contribution is 2.22. The second kappa shape index (κ2) is 7.65. The predicted molar refractivity (Wildman–Crippen MR) is 85.0 cm³/mol. The van der Waals surface area contributed by atoms with Crippen molar-refractivity contribution in [3.8, 4) is 5.75 Å². The molecule has 1 aromatic heterocycles. The molecule has 2 N–H and O–H groups in total. The van der Waals surface area contributed by atoms with Crippen molar-refractivity contribution in [2.24, 2.45) is 0 Å². The lowest BCUT2D eigenvalue weighted by atomic mass is 10.2. The lowest BCUT2D eigenvalue weighted by molar-refractivity contribution is 0.0526. The molecular formula is C15H17N3O3S. The normalized spacial score (nSPS) is 10.3. The van der Waals surface area contributed by atoms with E-state index in [1.54, 1.807) is 14.0 Å². The molecule has 0 fully saturated rings. The summed E-state index contributed by atoms with van der Waals surface area (Å²) >= 11 is 1.44. The van der Waals surface area contributed by atoms with Gasteiger partial charge in [0.1, 0.15) is 17.1 Å². The van der Waals surface area contributed by atoms with Crippen molar-refractivity contribution in [1.82, 2.24) is 9.97 Å². The predicted octanol–water partition coefficient (Wildman–Crippen LogP) is 2.54. The number of aromatic nitrogens is 2. The summed E-state index contributed by atoms with van der Waals surface area (Å²) < 4.78 is 9.99. The van der Waals surface area contributed by atoms with Gasteiger partial charge in [-0.3, -0.25) is 0 Å². The highest BCUT2D eigenvalue weighted by Gasteiger charge is 2.13. The number of nitrogen functional groups attached to an aromatic ring is 1. The van der Waals surface area contributed by atoms with Crippen LogP contribution in [0.5, 0.6) is 5.75 Å². The first kappa shape index (κ1) is 16.1. The fourth-order valence-corrected chi connectivity index (χ4v) is 2.46. The fourth-order valence-electron chi connectivity index (χ4n) is 1.68. The molecule has 22 heavy (non-hydrogen) atoms. The molecule has 0 atom stereocenters. The van der Waals surface area contributed by atoms with E-state index < -0.39 is 5.97 Å². The van der Waals surface area contributed by atoms with Gasteiger partial charge in [-0.15, -0.1) is 0 Å². The molecule has 2 aromatic rings. The smallest absolute Gasteiger partial charge is 0.343 e. The second-order valence-electron chi connectivity index (χ2n) is 4.31. The quantitative estimate of drug-likeness (QED) is 0.497. The van der Waals surface area contributed by atoms with Crippen molar-refractivity contribution in [3.63, 3.8) is 0 Å². The molecular weight excluding hydrogens is 302 g/mol. The minimum Gasteiger partial charge on any atom is -0.497 e. The molecule has 116 valence electrons. The zero-order valence-corrected chi connectivity index (χ0v) is 13.2. The minimum absolute atomic E-state index is 0.130. The Morgan fingerprint density at radius 3 is 2.64 bits per heavy atom. The zero-order chi connectivity index (χ0) is 15.9. The molecule has 2 rings (SSSR count). The van der Waals surface area contributed by atoms with Crippen molar-refractivity contribution in [2.75, 3.05) is 19.5 Å². The van der Waals surface area contributed by atoms with Crippen LogP contribution in [0.3, 0.4) is 0 Å². The zero-order valence-electron chi connectivity index (χ0n) is 12.4. The van der Waals surface area contributed by atoms with Gasteiger partial charge in [0.15, 0.2) is 5.16 Å². The SMILES string of the molecule is CCOC(=O)c1cnc(SCc2ccc(OC)cc2)nc1N. The third-order valence-electron chi connectivity index (χ3n) is 2.82. The Bertz CT molecular complexity index is 647. The van der Waals surface area contributed by atoms with Gasteiger partial charge in [0.2, 0.25) is 0 Å². The van der Waals surface area contributed by atoms with E-state index in [1.165, 1.54) is 18.0 Å². The van der Waals surface area contributed by atoms with Crippen molar-refractivity contribution in [2.45, 2.75) is 17.8 Å². The first-order chi connectivity index (χ1) is 10.6. The first-order valence-electron chi connectivity index (χ1n) is 6.69. The lowest BCUT2D eigenvalue weighted by Crippen LogP contribution is -2.10. The van der Waals surface area contributed by atoms with E-state index in [2.05, 4.69) is 9.97 Å². The number of benzene rings is 1. The first-order valence-corrected chi connectivity index (χ1v) is 7.68. The van der Waals surface area contributed by atoms with Crippen LogP contribution in [-0.2, 0) is 10.5 Å². The Kier molecular flexibility index (Phi) is 5.60. The van der Waals surface area contributed by atoms with Gasteiger partial charge >= 0.3 is 5.97 Å². The summed E-state index contributed by atoms with van der Waals surface area (Å²) in [6.07, 6.45) is 1.40. The van der Waals surface area contributed by atoms with E-state index in [4.69, 9.17) is 15.2 Å². The van der Waals surface area contributed by atoms with Crippen LogP contribution in [0.4, 0.5) is 5.82 Å². The Hall–Kier alpha value is -2.28. The van der Waals surface area contributed by atoms with Gasteiger partial charge in [-0.25, -0.2) is 14.8 Å². The van der Waals surface area contributed by atoms with Gasteiger partial charge in [-0.1, -0.05) is 23.9 Å². The monoisotopic (exact) mass is 319 g/mol. The number of hydrogen-bond donors (Lipinski definition) is 1. The summed E-state index contributed by atoms with van der Waals surface area (Å²) in [5, 5.41) is 0.515. The van der Waals surface area contributed by atoms with Gasteiger partial charge in [0, 0.05) is 11.9 Å². The van der Waals surface area contributed by atoms with E-state index >= 15 is 0 Å².